The molecule has 0 spiro atoms. The zero-order valence-corrected chi connectivity index (χ0v) is 13.5. The quantitative estimate of drug-likeness (QED) is 0.566. The molecule has 7 heteroatoms. The van der Waals surface area contributed by atoms with E-state index in [2.05, 4.69) is 10.3 Å². The van der Waals surface area contributed by atoms with Crippen LogP contribution in [0.4, 0.5) is 10.8 Å². The first-order chi connectivity index (χ1) is 11.5. The summed E-state index contributed by atoms with van der Waals surface area (Å²) in [6.07, 6.45) is 0. The molecule has 6 nitrogen and oxygen atoms in total. The summed E-state index contributed by atoms with van der Waals surface area (Å²) in [4.78, 5) is 27.1. The van der Waals surface area contributed by atoms with Gasteiger partial charge in [-0.25, -0.2) is 4.98 Å². The van der Waals surface area contributed by atoms with Crippen LogP contribution in [0, 0.1) is 10.1 Å². The first-order valence-corrected chi connectivity index (χ1v) is 7.95. The van der Waals surface area contributed by atoms with Gasteiger partial charge in [-0.05, 0) is 17.7 Å². The number of nitrogens with zero attached hydrogens (tertiary/aromatic N) is 2. The predicted molar refractivity (Wildman–Crippen MR) is 93.9 cm³/mol. The molecule has 2 aromatic carbocycles. The summed E-state index contributed by atoms with van der Waals surface area (Å²) in [6, 6.07) is 15.9. The summed E-state index contributed by atoms with van der Waals surface area (Å²) < 4.78 is 0. The van der Waals surface area contributed by atoms with Crippen molar-refractivity contribution in [3.63, 3.8) is 0 Å². The molecule has 0 radical (unpaired) electrons. The first kappa shape index (κ1) is 15.8. The minimum Gasteiger partial charge on any atom is -0.302 e. The molecule has 3 aromatic rings. The largest absolute Gasteiger partial charge is 0.302 e. The van der Waals surface area contributed by atoms with Crippen LogP contribution in [0.25, 0.3) is 21.7 Å². The first-order valence-electron chi connectivity index (χ1n) is 7.13. The standard InChI is InChI=1S/C17H13N3O3S/c1-11(21)18-17-19-15(12-7-9-14(10-8-12)20(22)23)16(24-17)13-5-3-2-4-6-13/h2-10H,1H3,(H,18,19,21). The summed E-state index contributed by atoms with van der Waals surface area (Å²) >= 11 is 1.37. The zero-order chi connectivity index (χ0) is 17.1. The van der Waals surface area contributed by atoms with Gasteiger partial charge in [0.05, 0.1) is 15.5 Å². The minimum absolute atomic E-state index is 0.0253. The number of hydrogen-bond acceptors (Lipinski definition) is 5. The van der Waals surface area contributed by atoms with Crippen LogP contribution in [-0.4, -0.2) is 15.8 Å². The third-order valence-corrected chi connectivity index (χ3v) is 4.32. The third kappa shape index (κ3) is 3.31. The molecule has 0 unspecified atom stereocenters. The van der Waals surface area contributed by atoms with Crippen LogP contribution in [0.5, 0.6) is 0 Å². The molecule has 0 saturated carbocycles. The predicted octanol–water partition coefficient (Wildman–Crippen LogP) is 4.34. The maximum absolute atomic E-state index is 11.3. The SMILES string of the molecule is CC(=O)Nc1nc(-c2ccc([N+](=O)[O-])cc2)c(-c2ccccc2)s1. The molecule has 0 fully saturated rings. The Kier molecular flexibility index (Phi) is 4.35. The van der Waals surface area contributed by atoms with Crippen molar-refractivity contribution in [3.8, 4) is 21.7 Å². The van der Waals surface area contributed by atoms with Crippen LogP contribution < -0.4 is 5.32 Å². The van der Waals surface area contributed by atoms with Gasteiger partial charge < -0.3 is 5.32 Å². The number of carbonyl (C=O) groups excluding carboxylic acids is 1. The molecular formula is C17H13N3O3S. The van der Waals surface area contributed by atoms with Crippen LogP contribution in [0.2, 0.25) is 0 Å². The second kappa shape index (κ2) is 6.59. The monoisotopic (exact) mass is 339 g/mol. The van der Waals surface area contributed by atoms with E-state index in [1.807, 2.05) is 30.3 Å². The Balaban J connectivity index is 2.09. The number of thiazole rings is 1. The highest BCUT2D eigenvalue weighted by Gasteiger charge is 2.16. The van der Waals surface area contributed by atoms with Crippen LogP contribution in [0.3, 0.4) is 0 Å². The van der Waals surface area contributed by atoms with Crippen LogP contribution in [-0.2, 0) is 4.79 Å². The van der Waals surface area contributed by atoms with E-state index >= 15 is 0 Å². The number of hydrogen-bond donors (Lipinski definition) is 1. The third-order valence-electron chi connectivity index (χ3n) is 3.30. The summed E-state index contributed by atoms with van der Waals surface area (Å²) in [5, 5.41) is 14.0. The van der Waals surface area contributed by atoms with Gasteiger partial charge in [0.15, 0.2) is 5.13 Å². The van der Waals surface area contributed by atoms with Crippen molar-refractivity contribution < 1.29 is 9.72 Å². The fraction of sp³-hybridized carbons (Fsp3) is 0.0588. The number of nitro groups is 1. The second-order valence-corrected chi connectivity index (χ2v) is 6.05. The van der Waals surface area contributed by atoms with Crippen molar-refractivity contribution in [2.45, 2.75) is 6.92 Å². The molecule has 0 aliphatic rings. The molecule has 24 heavy (non-hydrogen) atoms. The van der Waals surface area contributed by atoms with Gasteiger partial charge in [0, 0.05) is 24.6 Å². The van der Waals surface area contributed by atoms with Crippen LogP contribution in [0.1, 0.15) is 6.92 Å². The van der Waals surface area contributed by atoms with E-state index in [-0.39, 0.29) is 11.6 Å². The fourth-order valence-corrected chi connectivity index (χ4v) is 3.29. The van der Waals surface area contributed by atoms with E-state index < -0.39 is 4.92 Å². The number of amides is 1. The van der Waals surface area contributed by atoms with Crippen molar-refractivity contribution in [2.24, 2.45) is 0 Å². The Labute approximate surface area is 141 Å². The molecule has 0 atom stereocenters. The smallest absolute Gasteiger partial charge is 0.269 e. The number of benzene rings is 2. The van der Waals surface area contributed by atoms with Crippen LogP contribution >= 0.6 is 11.3 Å². The highest BCUT2D eigenvalue weighted by atomic mass is 32.1. The maximum Gasteiger partial charge on any atom is 0.269 e. The number of aromatic nitrogens is 1. The number of nitro benzene ring substituents is 1. The Morgan fingerprint density at radius 2 is 1.75 bits per heavy atom. The van der Waals surface area contributed by atoms with Crippen molar-refractivity contribution in [1.29, 1.82) is 0 Å². The lowest BCUT2D eigenvalue weighted by atomic mass is 10.1. The average Bonchev–Trinajstić information content (AvgIpc) is 2.99. The topological polar surface area (TPSA) is 85.1 Å². The molecule has 0 aliphatic heterocycles. The van der Waals surface area contributed by atoms with E-state index in [1.165, 1.54) is 30.4 Å². The molecule has 1 heterocycles. The van der Waals surface area contributed by atoms with E-state index in [4.69, 9.17) is 0 Å². The summed E-state index contributed by atoms with van der Waals surface area (Å²) in [5.41, 5.74) is 2.44. The Morgan fingerprint density at radius 3 is 2.33 bits per heavy atom. The zero-order valence-electron chi connectivity index (χ0n) is 12.7. The normalized spacial score (nSPS) is 10.4. The molecular weight excluding hydrogens is 326 g/mol. The Bertz CT molecular complexity index is 889. The Hall–Kier alpha value is -3.06. The number of non-ortho nitro benzene ring substituents is 1. The van der Waals surface area contributed by atoms with Crippen molar-refractivity contribution >= 4 is 28.1 Å². The maximum atomic E-state index is 11.3. The lowest BCUT2D eigenvalue weighted by Crippen LogP contribution is -2.04. The van der Waals surface area contributed by atoms with E-state index in [1.54, 1.807) is 12.1 Å². The van der Waals surface area contributed by atoms with Crippen molar-refractivity contribution in [3.05, 3.63) is 64.7 Å². The number of nitrogens with one attached hydrogen (secondary N) is 1. The van der Waals surface area contributed by atoms with Gasteiger partial charge in [-0.2, -0.15) is 0 Å². The van der Waals surface area contributed by atoms with Crippen molar-refractivity contribution in [1.82, 2.24) is 4.98 Å². The molecule has 0 bridgehead atoms. The van der Waals surface area contributed by atoms with Crippen molar-refractivity contribution in [2.75, 3.05) is 5.32 Å². The lowest BCUT2D eigenvalue weighted by Gasteiger charge is -2.02. The molecule has 1 amide bonds. The number of anilines is 1. The van der Waals surface area contributed by atoms with E-state index in [9.17, 15) is 14.9 Å². The molecule has 0 saturated heterocycles. The van der Waals surface area contributed by atoms with E-state index in [0.717, 1.165) is 16.0 Å². The highest BCUT2D eigenvalue weighted by molar-refractivity contribution is 7.19. The van der Waals surface area contributed by atoms with Gasteiger partial charge in [0.1, 0.15) is 0 Å². The molecule has 1 aromatic heterocycles. The summed E-state index contributed by atoms with van der Waals surface area (Å²) in [7, 11) is 0. The van der Waals surface area contributed by atoms with Gasteiger partial charge >= 0.3 is 0 Å². The molecule has 1 N–H and O–H groups in total. The average molecular weight is 339 g/mol. The van der Waals surface area contributed by atoms with Gasteiger partial charge in [0.2, 0.25) is 5.91 Å². The van der Waals surface area contributed by atoms with Crippen LogP contribution in [0.15, 0.2) is 54.6 Å². The number of rotatable bonds is 4. The van der Waals surface area contributed by atoms with Gasteiger partial charge in [0.25, 0.3) is 5.69 Å². The molecule has 3 rings (SSSR count). The summed E-state index contributed by atoms with van der Waals surface area (Å²) in [5.74, 6) is -0.196. The van der Waals surface area contributed by atoms with Gasteiger partial charge in [-0.15, -0.1) is 0 Å². The van der Waals surface area contributed by atoms with E-state index in [0.29, 0.717) is 10.8 Å². The molecule has 0 aliphatic carbocycles. The summed E-state index contributed by atoms with van der Waals surface area (Å²) in [6.45, 7) is 1.43. The fourth-order valence-electron chi connectivity index (χ4n) is 2.25. The number of carbonyl (C=O) groups is 1. The Morgan fingerprint density at radius 1 is 1.08 bits per heavy atom. The lowest BCUT2D eigenvalue weighted by molar-refractivity contribution is -0.384. The van der Waals surface area contributed by atoms with Gasteiger partial charge in [-0.1, -0.05) is 41.7 Å². The molecule has 120 valence electrons. The highest BCUT2D eigenvalue weighted by Crippen LogP contribution is 2.39. The second-order valence-electron chi connectivity index (χ2n) is 5.05. The minimum atomic E-state index is -0.439. The van der Waals surface area contributed by atoms with Gasteiger partial charge in [-0.3, -0.25) is 14.9 Å².